The number of anilines is 1. The second-order valence-corrected chi connectivity index (χ2v) is 11.0. The normalized spacial score (nSPS) is 15.0. The summed E-state index contributed by atoms with van der Waals surface area (Å²) in [5, 5.41) is 9.15. The quantitative estimate of drug-likeness (QED) is 0.273. The Bertz CT molecular complexity index is 1560. The highest BCUT2D eigenvalue weighted by Gasteiger charge is 2.31. The number of ether oxygens (including phenoxy) is 4. The fourth-order valence-electron chi connectivity index (χ4n) is 4.74. The van der Waals surface area contributed by atoms with Gasteiger partial charge in [-0.05, 0) is 69.2 Å². The maximum absolute atomic E-state index is 12.7. The van der Waals surface area contributed by atoms with Crippen molar-refractivity contribution in [1.29, 1.82) is 0 Å². The summed E-state index contributed by atoms with van der Waals surface area (Å²) >= 11 is 0. The van der Waals surface area contributed by atoms with Crippen molar-refractivity contribution >= 4 is 28.9 Å². The lowest BCUT2D eigenvalue weighted by Crippen LogP contribution is -2.36. The summed E-state index contributed by atoms with van der Waals surface area (Å²) in [5.74, 6) is 2.05. The van der Waals surface area contributed by atoms with Gasteiger partial charge in [0, 0.05) is 31.4 Å². The van der Waals surface area contributed by atoms with Gasteiger partial charge < -0.3 is 29.2 Å². The molecule has 3 heterocycles. The molecule has 1 unspecified atom stereocenters. The number of esters is 1. The van der Waals surface area contributed by atoms with Crippen LogP contribution in [0.15, 0.2) is 60.8 Å². The standard InChI is InChI=1S/C31H35N5O6/c1-31(2,3)42-30(38)35-17-15-22(19-35)33-27-26-25(41-24-12-8-21(9-13-24)29(37)40-5)14-16-32-28(26)36(34-27)18-20-6-10-23(39-4)11-7-20/h6-14,16,22H,15,17-19H2,1-5H3,(H,33,34). The molecule has 11 heteroatoms. The average Bonchev–Trinajstić information content (AvgIpc) is 3.58. The number of likely N-dealkylation sites (tertiary alicyclic amines) is 1. The first-order valence-corrected chi connectivity index (χ1v) is 13.7. The summed E-state index contributed by atoms with van der Waals surface area (Å²) < 4.78 is 23.8. The van der Waals surface area contributed by atoms with Crippen LogP contribution < -0.4 is 14.8 Å². The van der Waals surface area contributed by atoms with E-state index < -0.39 is 11.6 Å². The minimum absolute atomic E-state index is 0.0440. The number of pyridine rings is 1. The molecule has 2 aromatic heterocycles. The number of benzene rings is 2. The molecule has 2 aromatic carbocycles. The van der Waals surface area contributed by atoms with Crippen molar-refractivity contribution in [3.8, 4) is 17.2 Å². The van der Waals surface area contributed by atoms with E-state index in [9.17, 15) is 9.59 Å². The zero-order valence-corrected chi connectivity index (χ0v) is 24.4. The third kappa shape index (κ3) is 6.56. The summed E-state index contributed by atoms with van der Waals surface area (Å²) in [4.78, 5) is 30.9. The van der Waals surface area contributed by atoms with Crippen LogP contribution in [0.25, 0.3) is 11.0 Å². The molecule has 0 aliphatic carbocycles. The number of nitrogens with zero attached hydrogens (tertiary/aromatic N) is 4. The van der Waals surface area contributed by atoms with Crippen LogP contribution in [-0.4, -0.2) is 70.7 Å². The molecule has 5 rings (SSSR count). The van der Waals surface area contributed by atoms with Gasteiger partial charge in [-0.15, -0.1) is 0 Å². The van der Waals surface area contributed by atoms with Crippen LogP contribution in [0, 0.1) is 0 Å². The van der Waals surface area contributed by atoms with Crippen molar-refractivity contribution in [2.24, 2.45) is 0 Å². The highest BCUT2D eigenvalue weighted by Crippen LogP contribution is 2.35. The number of hydrogen-bond acceptors (Lipinski definition) is 9. The number of carbonyl (C=O) groups is 2. The van der Waals surface area contributed by atoms with Crippen molar-refractivity contribution < 1.29 is 28.5 Å². The lowest BCUT2D eigenvalue weighted by molar-refractivity contribution is 0.0293. The number of hydrogen-bond donors (Lipinski definition) is 1. The molecule has 1 amide bonds. The molecule has 0 radical (unpaired) electrons. The van der Waals surface area contributed by atoms with Crippen LogP contribution in [-0.2, 0) is 16.0 Å². The number of rotatable bonds is 8. The Morgan fingerprint density at radius 3 is 2.38 bits per heavy atom. The van der Waals surface area contributed by atoms with E-state index in [0.29, 0.717) is 53.5 Å². The van der Waals surface area contributed by atoms with Crippen LogP contribution in [0.1, 0.15) is 43.1 Å². The fraction of sp³-hybridized carbons (Fsp3) is 0.355. The number of fused-ring (bicyclic) bond motifs is 1. The lowest BCUT2D eigenvalue weighted by atomic mass is 10.2. The molecule has 11 nitrogen and oxygen atoms in total. The smallest absolute Gasteiger partial charge is 0.410 e. The Morgan fingerprint density at radius 1 is 1.00 bits per heavy atom. The van der Waals surface area contributed by atoms with Crippen molar-refractivity contribution in [3.63, 3.8) is 0 Å². The number of carbonyl (C=O) groups excluding carboxylic acids is 2. The van der Waals surface area contributed by atoms with Crippen LogP contribution in [0.3, 0.4) is 0 Å². The second kappa shape index (κ2) is 12.0. The summed E-state index contributed by atoms with van der Waals surface area (Å²) in [6, 6.07) is 16.2. The Kier molecular flexibility index (Phi) is 8.19. The van der Waals surface area contributed by atoms with Crippen LogP contribution in [0.4, 0.5) is 10.6 Å². The maximum Gasteiger partial charge on any atom is 0.410 e. The number of methoxy groups -OCH3 is 2. The molecule has 4 aromatic rings. The van der Waals surface area contributed by atoms with Gasteiger partial charge in [0.2, 0.25) is 0 Å². The van der Waals surface area contributed by atoms with Gasteiger partial charge in [-0.1, -0.05) is 12.1 Å². The first-order chi connectivity index (χ1) is 20.1. The molecule has 42 heavy (non-hydrogen) atoms. The topological polar surface area (TPSA) is 117 Å². The summed E-state index contributed by atoms with van der Waals surface area (Å²) in [6.07, 6.45) is 2.08. The molecule has 1 aliphatic rings. The average molecular weight is 574 g/mol. The van der Waals surface area contributed by atoms with Gasteiger partial charge in [0.05, 0.1) is 26.3 Å². The molecular weight excluding hydrogens is 538 g/mol. The van der Waals surface area contributed by atoms with Gasteiger partial charge in [-0.2, -0.15) is 5.10 Å². The van der Waals surface area contributed by atoms with Crippen LogP contribution in [0.5, 0.6) is 17.2 Å². The number of amides is 1. The maximum atomic E-state index is 12.7. The van der Waals surface area contributed by atoms with E-state index in [2.05, 4.69) is 10.3 Å². The third-order valence-electron chi connectivity index (χ3n) is 6.77. The second-order valence-electron chi connectivity index (χ2n) is 11.0. The third-order valence-corrected chi connectivity index (χ3v) is 6.77. The molecule has 0 saturated carbocycles. The summed E-state index contributed by atoms with van der Waals surface area (Å²) in [7, 11) is 2.98. The minimum Gasteiger partial charge on any atom is -0.497 e. The molecule has 1 N–H and O–H groups in total. The highest BCUT2D eigenvalue weighted by atomic mass is 16.6. The number of aromatic nitrogens is 3. The van der Waals surface area contributed by atoms with E-state index in [1.807, 2.05) is 49.7 Å². The first-order valence-electron chi connectivity index (χ1n) is 13.7. The van der Waals surface area contributed by atoms with Gasteiger partial charge in [0.15, 0.2) is 11.5 Å². The zero-order valence-electron chi connectivity index (χ0n) is 24.4. The van der Waals surface area contributed by atoms with Gasteiger partial charge in [0.1, 0.15) is 28.2 Å². The predicted molar refractivity (Wildman–Crippen MR) is 157 cm³/mol. The SMILES string of the molecule is COC(=O)c1ccc(Oc2ccnc3c2c(NC2CCN(C(=O)OC(C)(C)C)C2)nn3Cc2ccc(OC)cc2)cc1. The van der Waals surface area contributed by atoms with Crippen molar-refractivity contribution in [3.05, 3.63) is 71.9 Å². The van der Waals surface area contributed by atoms with E-state index in [0.717, 1.165) is 17.7 Å². The molecule has 1 fully saturated rings. The molecule has 1 atom stereocenters. The largest absolute Gasteiger partial charge is 0.497 e. The molecule has 0 bridgehead atoms. The van der Waals surface area contributed by atoms with E-state index in [4.69, 9.17) is 24.0 Å². The van der Waals surface area contributed by atoms with Crippen LogP contribution >= 0.6 is 0 Å². The Labute approximate surface area is 244 Å². The highest BCUT2D eigenvalue weighted by molar-refractivity contribution is 5.94. The van der Waals surface area contributed by atoms with E-state index in [1.165, 1.54) is 7.11 Å². The number of nitrogens with one attached hydrogen (secondary N) is 1. The first kappa shape index (κ1) is 28.7. The molecule has 220 valence electrons. The van der Waals surface area contributed by atoms with Crippen molar-refractivity contribution in [2.45, 2.75) is 45.4 Å². The summed E-state index contributed by atoms with van der Waals surface area (Å²) in [6.45, 7) is 7.10. The molecule has 1 aliphatic heterocycles. The predicted octanol–water partition coefficient (Wildman–Crippen LogP) is 5.49. The molecule has 1 saturated heterocycles. The Hall–Kier alpha value is -4.80. The minimum atomic E-state index is -0.563. The van der Waals surface area contributed by atoms with E-state index in [1.54, 1.807) is 48.5 Å². The van der Waals surface area contributed by atoms with Gasteiger partial charge in [-0.3, -0.25) is 0 Å². The van der Waals surface area contributed by atoms with Gasteiger partial charge in [0.25, 0.3) is 0 Å². The molecule has 0 spiro atoms. The van der Waals surface area contributed by atoms with Crippen molar-refractivity contribution in [1.82, 2.24) is 19.7 Å². The Morgan fingerprint density at radius 2 is 1.71 bits per heavy atom. The van der Waals surface area contributed by atoms with Gasteiger partial charge in [-0.25, -0.2) is 19.3 Å². The van der Waals surface area contributed by atoms with Crippen molar-refractivity contribution in [2.75, 3.05) is 32.6 Å². The van der Waals surface area contributed by atoms with E-state index in [-0.39, 0.29) is 12.1 Å². The zero-order chi connectivity index (χ0) is 29.9. The fourth-order valence-corrected chi connectivity index (χ4v) is 4.74. The van der Waals surface area contributed by atoms with Crippen LogP contribution in [0.2, 0.25) is 0 Å². The van der Waals surface area contributed by atoms with E-state index >= 15 is 0 Å². The monoisotopic (exact) mass is 573 g/mol. The molecular formula is C31H35N5O6. The van der Waals surface area contributed by atoms with Gasteiger partial charge >= 0.3 is 12.1 Å². The Balaban J connectivity index is 1.45. The lowest BCUT2D eigenvalue weighted by Gasteiger charge is -2.24. The summed E-state index contributed by atoms with van der Waals surface area (Å²) in [5.41, 5.74) is 1.52.